The fourth-order valence-corrected chi connectivity index (χ4v) is 1.97. The van der Waals surface area contributed by atoms with Gasteiger partial charge >= 0.3 is 0 Å². The molecule has 0 saturated heterocycles. The van der Waals surface area contributed by atoms with Crippen LogP contribution >= 0.6 is 0 Å². The summed E-state index contributed by atoms with van der Waals surface area (Å²) in [5.41, 5.74) is 1.35. The van der Waals surface area contributed by atoms with E-state index in [1.54, 1.807) is 12.3 Å². The minimum Gasteiger partial charge on any atom is -0.346 e. The first-order valence-corrected chi connectivity index (χ1v) is 6.12. The molecule has 2 N–H and O–H groups in total. The highest BCUT2D eigenvalue weighted by atomic mass is 16.6. The number of aromatic nitrogens is 2. The second-order valence-corrected chi connectivity index (χ2v) is 4.40. The van der Waals surface area contributed by atoms with E-state index >= 15 is 0 Å². The summed E-state index contributed by atoms with van der Waals surface area (Å²) in [6.07, 6.45) is 3.28. The molecule has 7 nitrogen and oxygen atoms in total. The number of aromatic amines is 1. The lowest BCUT2D eigenvalue weighted by Gasteiger charge is -2.05. The van der Waals surface area contributed by atoms with E-state index in [2.05, 4.69) is 15.3 Å². The van der Waals surface area contributed by atoms with Crippen LogP contribution in [0.1, 0.15) is 10.4 Å². The van der Waals surface area contributed by atoms with Gasteiger partial charge in [-0.1, -0.05) is 6.07 Å². The predicted molar refractivity (Wildman–Crippen MR) is 77.1 cm³/mol. The number of benzene rings is 1. The van der Waals surface area contributed by atoms with Crippen LogP contribution in [-0.4, -0.2) is 20.8 Å². The minimum absolute atomic E-state index is 0.123. The van der Waals surface area contributed by atoms with Gasteiger partial charge < -0.3 is 10.3 Å². The Morgan fingerprint density at radius 2 is 2.14 bits per heavy atom. The molecule has 0 radical (unpaired) electrons. The van der Waals surface area contributed by atoms with Crippen molar-refractivity contribution in [2.75, 3.05) is 5.32 Å². The van der Waals surface area contributed by atoms with Crippen molar-refractivity contribution in [2.24, 2.45) is 0 Å². The van der Waals surface area contributed by atoms with Gasteiger partial charge in [-0.25, -0.2) is 4.98 Å². The third-order valence-electron chi connectivity index (χ3n) is 2.98. The zero-order chi connectivity index (χ0) is 14.8. The van der Waals surface area contributed by atoms with Crippen molar-refractivity contribution in [3.8, 4) is 0 Å². The molecular formula is C14H10N4O3. The molecule has 7 heteroatoms. The molecule has 0 aliphatic rings. The summed E-state index contributed by atoms with van der Waals surface area (Å²) in [4.78, 5) is 29.4. The highest BCUT2D eigenvalue weighted by Crippen LogP contribution is 2.17. The van der Waals surface area contributed by atoms with E-state index in [9.17, 15) is 14.9 Å². The number of fused-ring (bicyclic) bond motifs is 1. The van der Waals surface area contributed by atoms with Crippen LogP contribution in [0.2, 0.25) is 0 Å². The molecule has 3 rings (SSSR count). The largest absolute Gasteiger partial charge is 0.346 e. The van der Waals surface area contributed by atoms with Crippen LogP contribution in [0.25, 0.3) is 11.0 Å². The zero-order valence-corrected chi connectivity index (χ0v) is 10.7. The fraction of sp³-hybridized carbons (Fsp3) is 0. The number of non-ortho nitro benzene ring substituents is 1. The first-order chi connectivity index (χ1) is 10.1. The number of rotatable bonds is 3. The number of nitrogens with one attached hydrogen (secondary N) is 2. The van der Waals surface area contributed by atoms with Crippen molar-refractivity contribution in [1.82, 2.24) is 9.97 Å². The SMILES string of the molecule is O=C(Nc1cnc2[nH]ccc2c1)c1cccc([N+](=O)[O-])c1. The van der Waals surface area contributed by atoms with Crippen LogP contribution < -0.4 is 5.32 Å². The molecule has 1 amide bonds. The van der Waals surface area contributed by atoms with Gasteiger partial charge in [-0.05, 0) is 18.2 Å². The third-order valence-corrected chi connectivity index (χ3v) is 2.98. The Morgan fingerprint density at radius 1 is 1.29 bits per heavy atom. The Bertz CT molecular complexity index is 841. The number of hydrogen-bond donors (Lipinski definition) is 2. The lowest BCUT2D eigenvalue weighted by molar-refractivity contribution is -0.384. The van der Waals surface area contributed by atoms with Gasteiger partial charge in [0.25, 0.3) is 11.6 Å². The van der Waals surface area contributed by atoms with E-state index in [0.29, 0.717) is 5.69 Å². The highest BCUT2D eigenvalue weighted by molar-refractivity contribution is 6.05. The molecule has 0 spiro atoms. The van der Waals surface area contributed by atoms with Gasteiger partial charge in [0.2, 0.25) is 0 Å². The van der Waals surface area contributed by atoms with Crippen molar-refractivity contribution in [1.29, 1.82) is 0 Å². The Balaban J connectivity index is 1.85. The molecule has 2 aromatic heterocycles. The number of carbonyl (C=O) groups excluding carboxylic acids is 1. The van der Waals surface area contributed by atoms with Crippen molar-refractivity contribution in [3.05, 3.63) is 64.5 Å². The normalized spacial score (nSPS) is 10.5. The average Bonchev–Trinajstić information content (AvgIpc) is 2.95. The highest BCUT2D eigenvalue weighted by Gasteiger charge is 2.12. The number of amides is 1. The molecule has 0 bridgehead atoms. The summed E-state index contributed by atoms with van der Waals surface area (Å²) in [6.45, 7) is 0. The van der Waals surface area contributed by atoms with Crippen LogP contribution in [0, 0.1) is 10.1 Å². The number of carbonyl (C=O) groups is 1. The van der Waals surface area contributed by atoms with E-state index in [1.807, 2.05) is 6.07 Å². The van der Waals surface area contributed by atoms with Gasteiger partial charge in [-0.3, -0.25) is 14.9 Å². The number of H-pyrrole nitrogens is 1. The molecule has 2 heterocycles. The number of nitrogens with zero attached hydrogens (tertiary/aromatic N) is 2. The van der Waals surface area contributed by atoms with E-state index in [-0.39, 0.29) is 11.3 Å². The maximum Gasteiger partial charge on any atom is 0.270 e. The zero-order valence-electron chi connectivity index (χ0n) is 10.7. The molecular weight excluding hydrogens is 272 g/mol. The van der Waals surface area contributed by atoms with Gasteiger partial charge in [0.1, 0.15) is 5.65 Å². The number of anilines is 1. The molecule has 0 aliphatic carbocycles. The molecule has 0 unspecified atom stereocenters. The van der Waals surface area contributed by atoms with E-state index < -0.39 is 10.8 Å². The fourth-order valence-electron chi connectivity index (χ4n) is 1.97. The molecule has 0 atom stereocenters. The maximum absolute atomic E-state index is 12.1. The third kappa shape index (κ3) is 2.57. The number of pyridine rings is 1. The molecule has 104 valence electrons. The smallest absolute Gasteiger partial charge is 0.270 e. The van der Waals surface area contributed by atoms with Gasteiger partial charge in [0.15, 0.2) is 0 Å². The summed E-state index contributed by atoms with van der Waals surface area (Å²) in [6, 6.07) is 9.17. The summed E-state index contributed by atoms with van der Waals surface area (Å²) in [7, 11) is 0. The molecule has 1 aromatic carbocycles. The predicted octanol–water partition coefficient (Wildman–Crippen LogP) is 2.72. The summed E-state index contributed by atoms with van der Waals surface area (Å²) in [5.74, 6) is -0.421. The van der Waals surface area contributed by atoms with Gasteiger partial charge in [-0.15, -0.1) is 0 Å². The van der Waals surface area contributed by atoms with E-state index in [0.717, 1.165) is 11.0 Å². The quantitative estimate of drug-likeness (QED) is 0.569. The van der Waals surface area contributed by atoms with E-state index in [4.69, 9.17) is 0 Å². The molecule has 0 fully saturated rings. The van der Waals surface area contributed by atoms with Crippen LogP contribution in [0.15, 0.2) is 48.8 Å². The second-order valence-electron chi connectivity index (χ2n) is 4.40. The average molecular weight is 282 g/mol. The summed E-state index contributed by atoms with van der Waals surface area (Å²) >= 11 is 0. The van der Waals surface area contributed by atoms with Crippen LogP contribution in [0.4, 0.5) is 11.4 Å². The van der Waals surface area contributed by atoms with Gasteiger partial charge in [0, 0.05) is 29.3 Å². The van der Waals surface area contributed by atoms with Crippen molar-refractivity contribution in [2.45, 2.75) is 0 Å². The van der Waals surface area contributed by atoms with E-state index in [1.165, 1.54) is 30.5 Å². The van der Waals surface area contributed by atoms with Crippen LogP contribution in [0.5, 0.6) is 0 Å². The first-order valence-electron chi connectivity index (χ1n) is 6.12. The van der Waals surface area contributed by atoms with Crippen LogP contribution in [-0.2, 0) is 0 Å². The molecule has 21 heavy (non-hydrogen) atoms. The molecule has 0 aliphatic heterocycles. The topological polar surface area (TPSA) is 101 Å². The van der Waals surface area contributed by atoms with Crippen LogP contribution in [0.3, 0.4) is 0 Å². The lowest BCUT2D eigenvalue weighted by Crippen LogP contribution is -2.12. The maximum atomic E-state index is 12.1. The van der Waals surface area contributed by atoms with Crippen molar-refractivity contribution in [3.63, 3.8) is 0 Å². The Kier molecular flexibility index (Phi) is 3.07. The lowest BCUT2D eigenvalue weighted by atomic mass is 10.2. The number of nitro benzene ring substituents is 1. The van der Waals surface area contributed by atoms with Crippen molar-refractivity contribution >= 4 is 28.3 Å². The summed E-state index contributed by atoms with van der Waals surface area (Å²) in [5, 5.41) is 14.2. The van der Waals surface area contributed by atoms with Gasteiger partial charge in [-0.2, -0.15) is 0 Å². The summed E-state index contributed by atoms with van der Waals surface area (Å²) < 4.78 is 0. The first kappa shape index (κ1) is 12.8. The molecule has 0 saturated carbocycles. The van der Waals surface area contributed by atoms with Gasteiger partial charge in [0.05, 0.1) is 16.8 Å². The standard InChI is InChI=1S/C14H10N4O3/c19-14(10-2-1-3-12(7-10)18(20)21)17-11-6-9-4-5-15-13(9)16-8-11/h1-8H,(H,15,16)(H,17,19). The Labute approximate surface area is 118 Å². The number of nitro groups is 1. The Hall–Kier alpha value is -3.22. The minimum atomic E-state index is -0.538. The second kappa shape index (κ2) is 5.04. The number of hydrogen-bond acceptors (Lipinski definition) is 4. The molecule has 3 aromatic rings. The monoisotopic (exact) mass is 282 g/mol. The Morgan fingerprint density at radius 3 is 2.95 bits per heavy atom. The van der Waals surface area contributed by atoms with Crippen molar-refractivity contribution < 1.29 is 9.72 Å².